The summed E-state index contributed by atoms with van der Waals surface area (Å²) in [5.41, 5.74) is 0. The number of piperidine rings is 2. The molecule has 2 aliphatic heterocycles. The smallest absolute Gasteiger partial charge is 0.151 e. The number of rotatable bonds is 2. The van der Waals surface area contributed by atoms with Crippen LogP contribution in [0.3, 0.4) is 0 Å². The van der Waals surface area contributed by atoms with Crippen LogP contribution in [0, 0.1) is 5.92 Å². The Bertz CT molecular complexity index is 386. The minimum Gasteiger partial charge on any atom is -0.354 e. The van der Waals surface area contributed by atoms with Crippen molar-refractivity contribution >= 4 is 5.82 Å². The molecule has 0 aliphatic carbocycles. The van der Waals surface area contributed by atoms with E-state index in [0.717, 1.165) is 24.8 Å². The monoisotopic (exact) mass is 260 g/mol. The molecule has 0 N–H and O–H groups in total. The van der Waals surface area contributed by atoms with Crippen molar-refractivity contribution in [1.29, 1.82) is 0 Å². The largest absolute Gasteiger partial charge is 0.354 e. The van der Waals surface area contributed by atoms with E-state index in [2.05, 4.69) is 33.0 Å². The standard InChI is InChI=1S/C15H24N4/c1-13-6-10-18(11-7-13)14-4-3-9-19(12-14)15-5-2-8-16-17-15/h2,5,8,13-14H,3-4,6-7,9-12H2,1H3. The molecule has 3 rings (SSSR count). The summed E-state index contributed by atoms with van der Waals surface area (Å²) >= 11 is 0. The molecule has 0 saturated carbocycles. The van der Waals surface area contributed by atoms with E-state index in [1.807, 2.05) is 6.07 Å². The maximum absolute atomic E-state index is 4.25. The highest BCUT2D eigenvalue weighted by atomic mass is 15.3. The average Bonchev–Trinajstić information content (AvgIpc) is 2.49. The van der Waals surface area contributed by atoms with Crippen LogP contribution in [0.5, 0.6) is 0 Å². The van der Waals surface area contributed by atoms with Crippen molar-refractivity contribution in [3.05, 3.63) is 18.3 Å². The molecule has 4 nitrogen and oxygen atoms in total. The lowest BCUT2D eigenvalue weighted by atomic mass is 9.95. The van der Waals surface area contributed by atoms with Crippen molar-refractivity contribution in [3.63, 3.8) is 0 Å². The van der Waals surface area contributed by atoms with Crippen molar-refractivity contribution in [2.24, 2.45) is 5.92 Å². The van der Waals surface area contributed by atoms with Crippen LogP contribution in [-0.2, 0) is 0 Å². The van der Waals surface area contributed by atoms with Crippen molar-refractivity contribution in [2.45, 2.75) is 38.6 Å². The van der Waals surface area contributed by atoms with Gasteiger partial charge in [0.15, 0.2) is 5.82 Å². The highest BCUT2D eigenvalue weighted by molar-refractivity contribution is 5.37. The zero-order valence-electron chi connectivity index (χ0n) is 11.8. The molecule has 0 amide bonds. The summed E-state index contributed by atoms with van der Waals surface area (Å²) in [6.45, 7) is 7.18. The van der Waals surface area contributed by atoms with Crippen LogP contribution in [0.4, 0.5) is 5.82 Å². The molecule has 0 radical (unpaired) electrons. The van der Waals surface area contributed by atoms with E-state index in [-0.39, 0.29) is 0 Å². The van der Waals surface area contributed by atoms with Crippen molar-refractivity contribution in [2.75, 3.05) is 31.1 Å². The number of anilines is 1. The minimum absolute atomic E-state index is 0.711. The molecular weight excluding hydrogens is 236 g/mol. The third-order valence-corrected chi connectivity index (χ3v) is 4.61. The summed E-state index contributed by atoms with van der Waals surface area (Å²) in [5.74, 6) is 1.95. The third kappa shape index (κ3) is 3.06. The van der Waals surface area contributed by atoms with Crippen LogP contribution in [0.1, 0.15) is 32.6 Å². The van der Waals surface area contributed by atoms with Crippen LogP contribution in [-0.4, -0.2) is 47.3 Å². The lowest BCUT2D eigenvalue weighted by molar-refractivity contribution is 0.125. The number of hydrogen-bond donors (Lipinski definition) is 0. The second-order valence-corrected chi connectivity index (χ2v) is 6.04. The Hall–Kier alpha value is -1.16. The maximum atomic E-state index is 4.25. The Balaban J connectivity index is 1.62. The average molecular weight is 260 g/mol. The van der Waals surface area contributed by atoms with Crippen LogP contribution in [0.25, 0.3) is 0 Å². The third-order valence-electron chi connectivity index (χ3n) is 4.61. The van der Waals surface area contributed by atoms with E-state index in [1.54, 1.807) is 6.20 Å². The molecule has 0 spiro atoms. The Morgan fingerprint density at radius 1 is 1.16 bits per heavy atom. The first-order valence-electron chi connectivity index (χ1n) is 7.59. The summed E-state index contributed by atoms with van der Waals surface area (Å²) in [7, 11) is 0. The van der Waals surface area contributed by atoms with E-state index in [4.69, 9.17) is 0 Å². The van der Waals surface area contributed by atoms with Gasteiger partial charge in [0.25, 0.3) is 0 Å². The fourth-order valence-corrected chi connectivity index (χ4v) is 3.32. The molecule has 3 heterocycles. The van der Waals surface area contributed by atoms with Gasteiger partial charge >= 0.3 is 0 Å². The minimum atomic E-state index is 0.711. The molecule has 4 heteroatoms. The second-order valence-electron chi connectivity index (χ2n) is 6.04. The predicted octanol–water partition coefficient (Wildman–Crippen LogP) is 2.18. The summed E-state index contributed by atoms with van der Waals surface area (Å²) < 4.78 is 0. The number of nitrogens with zero attached hydrogens (tertiary/aromatic N) is 4. The van der Waals surface area contributed by atoms with Gasteiger partial charge in [0, 0.05) is 25.3 Å². The van der Waals surface area contributed by atoms with Gasteiger partial charge in [-0.05, 0) is 56.8 Å². The molecule has 1 aromatic heterocycles. The SMILES string of the molecule is CC1CCN(C2CCCN(c3cccnn3)C2)CC1. The first-order valence-corrected chi connectivity index (χ1v) is 7.59. The lowest BCUT2D eigenvalue weighted by Gasteiger charge is -2.42. The number of likely N-dealkylation sites (tertiary alicyclic amines) is 1. The van der Waals surface area contributed by atoms with Gasteiger partial charge in [0.1, 0.15) is 0 Å². The van der Waals surface area contributed by atoms with Gasteiger partial charge in [0.05, 0.1) is 0 Å². The Morgan fingerprint density at radius 2 is 2.00 bits per heavy atom. The molecular formula is C15H24N4. The summed E-state index contributed by atoms with van der Waals surface area (Å²) in [5, 5.41) is 8.25. The molecule has 1 unspecified atom stereocenters. The van der Waals surface area contributed by atoms with E-state index in [1.165, 1.54) is 38.8 Å². The van der Waals surface area contributed by atoms with Crippen LogP contribution >= 0.6 is 0 Å². The molecule has 1 atom stereocenters. The number of hydrogen-bond acceptors (Lipinski definition) is 4. The molecule has 2 fully saturated rings. The van der Waals surface area contributed by atoms with Gasteiger partial charge in [-0.1, -0.05) is 6.92 Å². The maximum Gasteiger partial charge on any atom is 0.151 e. The molecule has 0 aromatic carbocycles. The molecule has 104 valence electrons. The Labute approximate surface area is 115 Å². The molecule has 2 aliphatic rings. The summed E-state index contributed by atoms with van der Waals surface area (Å²) in [4.78, 5) is 5.10. The summed E-state index contributed by atoms with van der Waals surface area (Å²) in [6, 6.07) is 4.77. The number of aromatic nitrogens is 2. The van der Waals surface area contributed by atoms with Gasteiger partial charge in [-0.3, -0.25) is 4.90 Å². The van der Waals surface area contributed by atoms with Crippen molar-refractivity contribution in [1.82, 2.24) is 15.1 Å². The lowest BCUT2D eigenvalue weighted by Crippen LogP contribution is -2.50. The van der Waals surface area contributed by atoms with E-state index in [0.29, 0.717) is 6.04 Å². The normalized spacial score (nSPS) is 26.6. The first kappa shape index (κ1) is 12.9. The zero-order chi connectivity index (χ0) is 13.1. The summed E-state index contributed by atoms with van der Waals surface area (Å²) in [6.07, 6.45) is 7.08. The van der Waals surface area contributed by atoms with Crippen molar-refractivity contribution in [3.8, 4) is 0 Å². The highest BCUT2D eigenvalue weighted by Crippen LogP contribution is 2.24. The van der Waals surface area contributed by atoms with Gasteiger partial charge in [-0.15, -0.1) is 5.10 Å². The highest BCUT2D eigenvalue weighted by Gasteiger charge is 2.28. The molecule has 1 aromatic rings. The van der Waals surface area contributed by atoms with Gasteiger partial charge in [0.2, 0.25) is 0 Å². The topological polar surface area (TPSA) is 32.3 Å². The predicted molar refractivity (Wildman–Crippen MR) is 77.2 cm³/mol. The quantitative estimate of drug-likeness (QED) is 0.816. The van der Waals surface area contributed by atoms with E-state index < -0.39 is 0 Å². The second kappa shape index (κ2) is 5.87. The van der Waals surface area contributed by atoms with Crippen LogP contribution in [0.2, 0.25) is 0 Å². The zero-order valence-corrected chi connectivity index (χ0v) is 11.8. The molecule has 2 saturated heterocycles. The van der Waals surface area contributed by atoms with Gasteiger partial charge < -0.3 is 4.90 Å². The fraction of sp³-hybridized carbons (Fsp3) is 0.733. The van der Waals surface area contributed by atoms with E-state index >= 15 is 0 Å². The van der Waals surface area contributed by atoms with Crippen molar-refractivity contribution < 1.29 is 0 Å². The Kier molecular flexibility index (Phi) is 3.97. The molecule has 0 bridgehead atoms. The molecule has 19 heavy (non-hydrogen) atoms. The first-order chi connectivity index (χ1) is 9.33. The van der Waals surface area contributed by atoms with E-state index in [9.17, 15) is 0 Å². The van der Waals surface area contributed by atoms with Gasteiger partial charge in [-0.2, -0.15) is 5.10 Å². The van der Waals surface area contributed by atoms with Gasteiger partial charge in [-0.25, -0.2) is 0 Å². The van der Waals surface area contributed by atoms with Crippen LogP contribution in [0.15, 0.2) is 18.3 Å². The Morgan fingerprint density at radius 3 is 2.74 bits per heavy atom. The fourth-order valence-electron chi connectivity index (χ4n) is 3.32. The van der Waals surface area contributed by atoms with Crippen LogP contribution < -0.4 is 4.90 Å².